The number of hydrogen-bond acceptors (Lipinski definition) is 3. The summed E-state index contributed by atoms with van der Waals surface area (Å²) in [6.07, 6.45) is 1.49. The first-order chi connectivity index (χ1) is 5.54. The van der Waals surface area contributed by atoms with Gasteiger partial charge in [0.2, 0.25) is 0 Å². The summed E-state index contributed by atoms with van der Waals surface area (Å²) >= 11 is 0. The van der Waals surface area contributed by atoms with Gasteiger partial charge in [-0.25, -0.2) is 0 Å². The molecule has 5 nitrogen and oxygen atoms in total. The molecule has 1 heterocycles. The Morgan fingerprint density at radius 3 is 2.25 bits per heavy atom. The van der Waals surface area contributed by atoms with E-state index in [4.69, 9.17) is 10.3 Å². The SMILES string of the molecule is NCC1CCN(S(=O)(=O)O)CC1. The van der Waals surface area contributed by atoms with E-state index in [-0.39, 0.29) is 0 Å². The molecule has 1 rings (SSSR count). The van der Waals surface area contributed by atoms with Crippen molar-refractivity contribution in [3.63, 3.8) is 0 Å². The highest BCUT2D eigenvalue weighted by Crippen LogP contribution is 2.17. The molecule has 3 N–H and O–H groups in total. The van der Waals surface area contributed by atoms with Crippen molar-refractivity contribution in [3.8, 4) is 0 Å². The third-order valence-electron chi connectivity index (χ3n) is 2.23. The van der Waals surface area contributed by atoms with E-state index in [2.05, 4.69) is 0 Å². The van der Waals surface area contributed by atoms with Crippen LogP contribution in [0.4, 0.5) is 0 Å². The molecular weight excluding hydrogens is 180 g/mol. The van der Waals surface area contributed by atoms with Crippen LogP contribution in [0.5, 0.6) is 0 Å². The molecule has 1 fully saturated rings. The minimum absolute atomic E-state index is 0.390. The van der Waals surface area contributed by atoms with Crippen LogP contribution in [0.15, 0.2) is 0 Å². The Balaban J connectivity index is 2.47. The average molecular weight is 194 g/mol. The first kappa shape index (κ1) is 9.91. The van der Waals surface area contributed by atoms with E-state index in [0.717, 1.165) is 17.1 Å². The summed E-state index contributed by atoms with van der Waals surface area (Å²) in [4.78, 5) is 0. The van der Waals surface area contributed by atoms with Crippen LogP contribution in [0.3, 0.4) is 0 Å². The van der Waals surface area contributed by atoms with Crippen LogP contribution >= 0.6 is 0 Å². The van der Waals surface area contributed by atoms with Gasteiger partial charge in [0.05, 0.1) is 0 Å². The molecule has 72 valence electrons. The van der Waals surface area contributed by atoms with E-state index < -0.39 is 10.3 Å². The molecule has 0 aromatic heterocycles. The molecule has 0 amide bonds. The normalized spacial score (nSPS) is 22.8. The third kappa shape index (κ3) is 2.41. The largest absolute Gasteiger partial charge is 0.335 e. The second-order valence-corrected chi connectivity index (χ2v) is 4.47. The maximum absolute atomic E-state index is 10.6. The third-order valence-corrected chi connectivity index (χ3v) is 3.25. The Labute approximate surface area is 72.4 Å². The summed E-state index contributed by atoms with van der Waals surface area (Å²) in [6, 6.07) is 0. The minimum Gasteiger partial charge on any atom is -0.330 e. The van der Waals surface area contributed by atoms with E-state index >= 15 is 0 Å². The molecule has 1 aliphatic rings. The topological polar surface area (TPSA) is 83.6 Å². The van der Waals surface area contributed by atoms with Crippen molar-refractivity contribution in [1.82, 2.24) is 4.31 Å². The van der Waals surface area contributed by atoms with Gasteiger partial charge in [-0.1, -0.05) is 0 Å². The molecule has 0 aromatic carbocycles. The Morgan fingerprint density at radius 2 is 1.92 bits per heavy atom. The second-order valence-electron chi connectivity index (χ2n) is 3.06. The molecule has 0 spiro atoms. The van der Waals surface area contributed by atoms with Gasteiger partial charge in [-0.15, -0.1) is 0 Å². The quantitative estimate of drug-likeness (QED) is 0.578. The van der Waals surface area contributed by atoms with E-state index in [9.17, 15) is 8.42 Å². The van der Waals surface area contributed by atoms with Crippen molar-refractivity contribution in [2.75, 3.05) is 19.6 Å². The maximum atomic E-state index is 10.6. The van der Waals surface area contributed by atoms with Crippen LogP contribution < -0.4 is 5.73 Å². The summed E-state index contributed by atoms with van der Waals surface area (Å²) in [5.74, 6) is 0.406. The zero-order chi connectivity index (χ0) is 9.19. The van der Waals surface area contributed by atoms with Crippen molar-refractivity contribution < 1.29 is 13.0 Å². The lowest BCUT2D eigenvalue weighted by Crippen LogP contribution is -2.39. The van der Waals surface area contributed by atoms with E-state index in [0.29, 0.717) is 25.6 Å². The van der Waals surface area contributed by atoms with Crippen LogP contribution in [-0.4, -0.2) is 36.9 Å². The molecule has 0 atom stereocenters. The molecule has 1 saturated heterocycles. The molecule has 0 aromatic rings. The summed E-state index contributed by atoms with van der Waals surface area (Å²) in [7, 11) is -3.97. The zero-order valence-electron chi connectivity index (χ0n) is 6.81. The van der Waals surface area contributed by atoms with Gasteiger partial charge in [0.15, 0.2) is 0 Å². The van der Waals surface area contributed by atoms with Gasteiger partial charge in [0.1, 0.15) is 0 Å². The van der Waals surface area contributed by atoms with Gasteiger partial charge in [-0.05, 0) is 25.3 Å². The van der Waals surface area contributed by atoms with Crippen molar-refractivity contribution >= 4 is 10.3 Å². The lowest BCUT2D eigenvalue weighted by atomic mass is 9.99. The molecule has 0 bridgehead atoms. The van der Waals surface area contributed by atoms with Gasteiger partial charge in [-0.2, -0.15) is 12.7 Å². The fourth-order valence-corrected chi connectivity index (χ4v) is 2.05. The molecule has 0 unspecified atom stereocenters. The van der Waals surface area contributed by atoms with Gasteiger partial charge >= 0.3 is 10.3 Å². The summed E-state index contributed by atoms with van der Waals surface area (Å²) in [5, 5.41) is 0. The average Bonchev–Trinajstić information content (AvgIpc) is 2.03. The lowest BCUT2D eigenvalue weighted by molar-refractivity contribution is 0.257. The molecule has 0 saturated carbocycles. The van der Waals surface area contributed by atoms with Gasteiger partial charge < -0.3 is 5.73 Å². The number of piperidine rings is 1. The van der Waals surface area contributed by atoms with Gasteiger partial charge in [0, 0.05) is 13.1 Å². The highest BCUT2D eigenvalue weighted by molar-refractivity contribution is 7.83. The number of rotatable bonds is 2. The minimum atomic E-state index is -3.97. The molecule has 0 aliphatic carbocycles. The number of nitrogens with two attached hydrogens (primary N) is 1. The van der Waals surface area contributed by atoms with Crippen molar-refractivity contribution in [2.45, 2.75) is 12.8 Å². The summed E-state index contributed by atoms with van der Waals surface area (Å²) in [5.41, 5.74) is 5.43. The standard InChI is InChI=1S/C6H14N2O3S/c7-5-6-1-3-8(4-2-6)12(9,10)11/h6H,1-5,7H2,(H,9,10,11). The highest BCUT2D eigenvalue weighted by atomic mass is 32.2. The van der Waals surface area contributed by atoms with Gasteiger partial charge in [-0.3, -0.25) is 4.55 Å². The predicted molar refractivity (Wildman–Crippen MR) is 44.9 cm³/mol. The van der Waals surface area contributed by atoms with E-state index in [1.807, 2.05) is 0 Å². The molecule has 6 heteroatoms. The Kier molecular flexibility index (Phi) is 3.05. The van der Waals surface area contributed by atoms with Crippen molar-refractivity contribution in [1.29, 1.82) is 0 Å². The molecule has 12 heavy (non-hydrogen) atoms. The van der Waals surface area contributed by atoms with Gasteiger partial charge in [0.25, 0.3) is 0 Å². The Hall–Kier alpha value is -0.170. The Morgan fingerprint density at radius 1 is 1.42 bits per heavy atom. The molecule has 0 radical (unpaired) electrons. The van der Waals surface area contributed by atoms with Crippen LogP contribution in [0.1, 0.15) is 12.8 Å². The van der Waals surface area contributed by atoms with Crippen LogP contribution in [0.2, 0.25) is 0 Å². The van der Waals surface area contributed by atoms with Crippen molar-refractivity contribution in [3.05, 3.63) is 0 Å². The fraction of sp³-hybridized carbons (Fsp3) is 1.00. The zero-order valence-corrected chi connectivity index (χ0v) is 7.63. The summed E-state index contributed by atoms with van der Waals surface area (Å²) < 4.78 is 31.0. The first-order valence-electron chi connectivity index (χ1n) is 3.96. The van der Waals surface area contributed by atoms with Crippen LogP contribution in [0, 0.1) is 5.92 Å². The Bertz CT molecular complexity index is 231. The maximum Gasteiger partial charge on any atom is 0.335 e. The smallest absolute Gasteiger partial charge is 0.330 e. The van der Waals surface area contributed by atoms with Crippen LogP contribution in [-0.2, 0) is 10.3 Å². The highest BCUT2D eigenvalue weighted by Gasteiger charge is 2.25. The van der Waals surface area contributed by atoms with Crippen LogP contribution in [0.25, 0.3) is 0 Å². The predicted octanol–water partition coefficient (Wildman–Crippen LogP) is -0.540. The fourth-order valence-electron chi connectivity index (χ4n) is 1.38. The van der Waals surface area contributed by atoms with Crippen molar-refractivity contribution in [2.24, 2.45) is 11.7 Å². The molecule has 1 aliphatic heterocycles. The second kappa shape index (κ2) is 3.69. The van der Waals surface area contributed by atoms with E-state index in [1.165, 1.54) is 0 Å². The number of hydrogen-bond donors (Lipinski definition) is 2. The monoisotopic (exact) mass is 194 g/mol. The number of nitrogens with zero attached hydrogens (tertiary/aromatic N) is 1. The lowest BCUT2D eigenvalue weighted by Gasteiger charge is -2.28. The summed E-state index contributed by atoms with van der Waals surface area (Å²) in [6.45, 7) is 1.38. The molecular formula is C6H14N2O3S. The van der Waals surface area contributed by atoms with E-state index in [1.54, 1.807) is 0 Å². The first-order valence-corrected chi connectivity index (χ1v) is 5.36.